The van der Waals surface area contributed by atoms with Crippen LogP contribution < -0.4 is 0 Å². The van der Waals surface area contributed by atoms with Gasteiger partial charge in [-0.3, -0.25) is 4.79 Å². The molecule has 1 aromatic carbocycles. The summed E-state index contributed by atoms with van der Waals surface area (Å²) in [5.74, 6) is -0.0526. The molecule has 0 N–H and O–H groups in total. The smallest absolute Gasteiger partial charge is 0.243 e. The van der Waals surface area contributed by atoms with Gasteiger partial charge in [-0.05, 0) is 49.9 Å². The van der Waals surface area contributed by atoms with Crippen molar-refractivity contribution in [2.75, 3.05) is 19.6 Å². The van der Waals surface area contributed by atoms with Crippen LogP contribution in [-0.2, 0) is 14.8 Å². The first kappa shape index (κ1) is 20.8. The Morgan fingerprint density at radius 3 is 2.11 bits per heavy atom. The Morgan fingerprint density at radius 2 is 1.52 bits per heavy atom. The molecule has 7 heteroatoms. The first-order chi connectivity index (χ1) is 13.0. The number of likely N-dealkylation sites (tertiary alicyclic amines) is 1. The third-order valence-corrected chi connectivity index (χ3v) is 8.09. The molecule has 2 aliphatic rings. The Hall–Kier alpha value is -0.920. The molecule has 0 bridgehead atoms. The van der Waals surface area contributed by atoms with Crippen LogP contribution in [0.5, 0.6) is 0 Å². The maximum absolute atomic E-state index is 13.4. The molecule has 0 spiro atoms. The Morgan fingerprint density at radius 1 is 0.963 bits per heavy atom. The molecule has 0 aromatic heterocycles. The molecule has 1 saturated heterocycles. The number of amides is 1. The lowest BCUT2D eigenvalue weighted by atomic mass is 9.95. The lowest BCUT2D eigenvalue weighted by Crippen LogP contribution is -2.48. The van der Waals surface area contributed by atoms with E-state index < -0.39 is 10.0 Å². The summed E-state index contributed by atoms with van der Waals surface area (Å²) in [4.78, 5) is 15.1. The molecule has 0 unspecified atom stereocenters. The van der Waals surface area contributed by atoms with Crippen molar-refractivity contribution in [3.8, 4) is 0 Å². The van der Waals surface area contributed by atoms with Crippen LogP contribution in [-0.4, -0.2) is 49.2 Å². The second-order valence-electron chi connectivity index (χ2n) is 7.59. The topological polar surface area (TPSA) is 57.7 Å². The second kappa shape index (κ2) is 9.52. The van der Waals surface area contributed by atoms with Gasteiger partial charge in [-0.1, -0.05) is 48.0 Å². The summed E-state index contributed by atoms with van der Waals surface area (Å²) in [5, 5.41) is 0. The molecular weight excluding hydrogens is 428 g/mol. The molecule has 1 amide bonds. The summed E-state index contributed by atoms with van der Waals surface area (Å²) >= 11 is 3.36. The van der Waals surface area contributed by atoms with Crippen molar-refractivity contribution < 1.29 is 13.2 Å². The number of carbonyl (C=O) groups is 1. The van der Waals surface area contributed by atoms with Gasteiger partial charge in [-0.2, -0.15) is 4.31 Å². The Labute approximate surface area is 171 Å². The van der Waals surface area contributed by atoms with Crippen LogP contribution in [0.2, 0.25) is 0 Å². The summed E-state index contributed by atoms with van der Waals surface area (Å²) in [6, 6.07) is 6.63. The lowest BCUT2D eigenvalue weighted by molar-refractivity contribution is -0.131. The number of hydrogen-bond acceptors (Lipinski definition) is 3. The molecule has 27 heavy (non-hydrogen) atoms. The van der Waals surface area contributed by atoms with E-state index in [1.54, 1.807) is 24.3 Å². The van der Waals surface area contributed by atoms with E-state index in [9.17, 15) is 13.2 Å². The molecule has 1 aromatic rings. The molecule has 150 valence electrons. The molecule has 1 saturated carbocycles. The average molecular weight is 457 g/mol. The van der Waals surface area contributed by atoms with Gasteiger partial charge in [0.2, 0.25) is 15.9 Å². The minimum absolute atomic E-state index is 0.0386. The van der Waals surface area contributed by atoms with Crippen LogP contribution >= 0.6 is 15.9 Å². The zero-order valence-corrected chi connectivity index (χ0v) is 18.2. The van der Waals surface area contributed by atoms with Crippen LogP contribution in [0.4, 0.5) is 0 Å². The van der Waals surface area contributed by atoms with Crippen LogP contribution in [0.25, 0.3) is 0 Å². The quantitative estimate of drug-likeness (QED) is 0.667. The van der Waals surface area contributed by atoms with Crippen molar-refractivity contribution in [3.63, 3.8) is 0 Å². The monoisotopic (exact) mass is 456 g/mol. The van der Waals surface area contributed by atoms with Crippen LogP contribution in [0.15, 0.2) is 33.6 Å². The van der Waals surface area contributed by atoms with E-state index >= 15 is 0 Å². The van der Waals surface area contributed by atoms with E-state index in [0.29, 0.717) is 0 Å². The van der Waals surface area contributed by atoms with E-state index in [-0.39, 0.29) is 23.4 Å². The molecule has 2 fully saturated rings. The number of nitrogens with zero attached hydrogens (tertiary/aromatic N) is 2. The van der Waals surface area contributed by atoms with Gasteiger partial charge in [-0.25, -0.2) is 8.42 Å². The van der Waals surface area contributed by atoms with Crippen molar-refractivity contribution in [2.45, 2.75) is 68.7 Å². The van der Waals surface area contributed by atoms with Gasteiger partial charge < -0.3 is 4.90 Å². The highest BCUT2D eigenvalue weighted by molar-refractivity contribution is 9.10. The number of hydrogen-bond donors (Lipinski definition) is 0. The molecule has 5 nitrogen and oxygen atoms in total. The SMILES string of the molecule is O=C(CN(C1CCCCC1)S(=O)(=O)c1ccc(Br)cc1)N1CCCCCC1. The Bertz CT molecular complexity index is 722. The fourth-order valence-corrected chi connectivity index (χ4v) is 5.97. The van der Waals surface area contributed by atoms with Gasteiger partial charge in [0, 0.05) is 23.6 Å². The van der Waals surface area contributed by atoms with Gasteiger partial charge in [0.25, 0.3) is 0 Å². The van der Waals surface area contributed by atoms with Crippen molar-refractivity contribution in [1.82, 2.24) is 9.21 Å². The van der Waals surface area contributed by atoms with Crippen molar-refractivity contribution >= 4 is 31.9 Å². The number of sulfonamides is 1. The van der Waals surface area contributed by atoms with E-state index in [1.807, 2.05) is 4.90 Å². The van der Waals surface area contributed by atoms with Crippen LogP contribution in [0, 0.1) is 0 Å². The van der Waals surface area contributed by atoms with Crippen LogP contribution in [0.3, 0.4) is 0 Å². The first-order valence-electron chi connectivity index (χ1n) is 10.0. The number of benzene rings is 1. The summed E-state index contributed by atoms with van der Waals surface area (Å²) in [6.07, 6.45) is 9.17. The third kappa shape index (κ3) is 5.33. The summed E-state index contributed by atoms with van der Waals surface area (Å²) in [7, 11) is -3.70. The van der Waals surface area contributed by atoms with E-state index in [0.717, 1.165) is 75.3 Å². The lowest BCUT2D eigenvalue weighted by Gasteiger charge is -2.34. The fourth-order valence-electron chi connectivity index (χ4n) is 4.07. The number of carbonyl (C=O) groups excluding carboxylic acids is 1. The molecule has 1 aliphatic carbocycles. The standard InChI is InChI=1S/C20H29BrN2O3S/c21-17-10-12-19(13-11-17)27(25,26)23(18-8-4-3-5-9-18)16-20(24)22-14-6-1-2-7-15-22/h10-13,18H,1-9,14-16H2. The van der Waals surface area contributed by atoms with Gasteiger partial charge in [0.1, 0.15) is 0 Å². The Kier molecular flexibility index (Phi) is 7.34. The van der Waals surface area contributed by atoms with Gasteiger partial charge in [-0.15, -0.1) is 0 Å². The largest absolute Gasteiger partial charge is 0.342 e. The third-order valence-electron chi connectivity index (χ3n) is 5.65. The van der Waals surface area contributed by atoms with Crippen molar-refractivity contribution in [1.29, 1.82) is 0 Å². The highest BCUT2D eigenvalue weighted by Gasteiger charge is 2.35. The minimum atomic E-state index is -3.70. The van der Waals surface area contributed by atoms with Crippen molar-refractivity contribution in [3.05, 3.63) is 28.7 Å². The summed E-state index contributed by atoms with van der Waals surface area (Å²) < 4.78 is 29.1. The number of rotatable bonds is 5. The maximum Gasteiger partial charge on any atom is 0.243 e. The second-order valence-corrected chi connectivity index (χ2v) is 10.4. The normalized spacial score (nSPS) is 19.9. The fraction of sp³-hybridized carbons (Fsp3) is 0.650. The highest BCUT2D eigenvalue weighted by atomic mass is 79.9. The predicted molar refractivity (Wildman–Crippen MR) is 110 cm³/mol. The first-order valence-corrected chi connectivity index (χ1v) is 12.3. The van der Waals surface area contributed by atoms with E-state index in [1.165, 1.54) is 4.31 Å². The van der Waals surface area contributed by atoms with Gasteiger partial charge in [0.05, 0.1) is 11.4 Å². The zero-order valence-electron chi connectivity index (χ0n) is 15.8. The molecule has 1 aliphatic heterocycles. The maximum atomic E-state index is 13.4. The minimum Gasteiger partial charge on any atom is -0.342 e. The predicted octanol–water partition coefficient (Wildman–Crippen LogP) is 4.18. The molecule has 3 rings (SSSR count). The molecule has 1 heterocycles. The molecule has 0 atom stereocenters. The number of halogens is 1. The molecular formula is C20H29BrN2O3S. The highest BCUT2D eigenvalue weighted by Crippen LogP contribution is 2.28. The average Bonchev–Trinajstić information content (AvgIpc) is 2.96. The Balaban J connectivity index is 1.83. The van der Waals surface area contributed by atoms with E-state index in [4.69, 9.17) is 0 Å². The summed E-state index contributed by atoms with van der Waals surface area (Å²) in [6.45, 7) is 1.45. The summed E-state index contributed by atoms with van der Waals surface area (Å²) in [5.41, 5.74) is 0. The van der Waals surface area contributed by atoms with E-state index in [2.05, 4.69) is 15.9 Å². The van der Waals surface area contributed by atoms with Crippen LogP contribution in [0.1, 0.15) is 57.8 Å². The van der Waals surface area contributed by atoms with Gasteiger partial charge >= 0.3 is 0 Å². The molecule has 0 radical (unpaired) electrons. The zero-order chi connectivity index (χ0) is 19.3. The van der Waals surface area contributed by atoms with Crippen molar-refractivity contribution in [2.24, 2.45) is 0 Å². The van der Waals surface area contributed by atoms with Gasteiger partial charge in [0.15, 0.2) is 0 Å².